The van der Waals surface area contributed by atoms with E-state index in [4.69, 9.17) is 4.74 Å². The zero-order chi connectivity index (χ0) is 16.7. The van der Waals surface area contributed by atoms with Crippen LogP contribution in [0.4, 0.5) is 5.69 Å². The standard InChI is InChI=1S/C15H13N3O5/c19-14(10-23-13-7-2-1-3-8-13)16-17-15(20)11-5-4-6-12(9-11)18(21)22/h1-9H,10H2,(H,16,19)(H,17,20). The maximum Gasteiger partial charge on any atom is 0.276 e. The third-order valence-corrected chi connectivity index (χ3v) is 2.75. The lowest BCUT2D eigenvalue weighted by atomic mass is 10.2. The fourth-order valence-corrected chi connectivity index (χ4v) is 1.66. The zero-order valence-electron chi connectivity index (χ0n) is 11.9. The minimum Gasteiger partial charge on any atom is -0.484 e. The third kappa shape index (κ3) is 4.81. The Bertz CT molecular complexity index is 718. The quantitative estimate of drug-likeness (QED) is 0.640. The molecule has 0 radical (unpaired) electrons. The number of hydrazine groups is 1. The van der Waals surface area contributed by atoms with Crippen molar-refractivity contribution >= 4 is 17.5 Å². The summed E-state index contributed by atoms with van der Waals surface area (Å²) >= 11 is 0. The predicted octanol–water partition coefficient (Wildman–Crippen LogP) is 1.43. The lowest BCUT2D eigenvalue weighted by Crippen LogP contribution is -2.43. The maximum absolute atomic E-state index is 11.8. The van der Waals surface area contributed by atoms with E-state index >= 15 is 0 Å². The number of nitro benzene ring substituents is 1. The van der Waals surface area contributed by atoms with Gasteiger partial charge in [0.25, 0.3) is 17.5 Å². The molecule has 0 aromatic heterocycles. The van der Waals surface area contributed by atoms with Crippen LogP contribution in [0.15, 0.2) is 54.6 Å². The van der Waals surface area contributed by atoms with Crippen molar-refractivity contribution in [3.63, 3.8) is 0 Å². The number of nitrogens with one attached hydrogen (secondary N) is 2. The molecule has 0 aliphatic heterocycles. The number of nitrogens with zero attached hydrogens (tertiary/aromatic N) is 1. The van der Waals surface area contributed by atoms with Crippen molar-refractivity contribution in [3.05, 3.63) is 70.3 Å². The van der Waals surface area contributed by atoms with Gasteiger partial charge in [-0.25, -0.2) is 0 Å². The highest BCUT2D eigenvalue weighted by Crippen LogP contribution is 2.12. The lowest BCUT2D eigenvalue weighted by Gasteiger charge is -2.08. The monoisotopic (exact) mass is 315 g/mol. The molecule has 2 aromatic rings. The van der Waals surface area contributed by atoms with Crippen LogP contribution in [0.25, 0.3) is 0 Å². The molecule has 0 saturated heterocycles. The molecule has 2 N–H and O–H groups in total. The maximum atomic E-state index is 11.8. The van der Waals surface area contributed by atoms with Crippen LogP contribution >= 0.6 is 0 Å². The molecule has 0 fully saturated rings. The topological polar surface area (TPSA) is 111 Å². The van der Waals surface area contributed by atoms with Crippen molar-refractivity contribution in [2.45, 2.75) is 0 Å². The first-order valence-corrected chi connectivity index (χ1v) is 6.58. The van der Waals surface area contributed by atoms with Gasteiger partial charge in [-0.2, -0.15) is 0 Å². The number of hydrogen-bond donors (Lipinski definition) is 2. The molecule has 0 saturated carbocycles. The normalized spacial score (nSPS) is 9.74. The number of non-ortho nitro benzene ring substituents is 1. The van der Waals surface area contributed by atoms with Crippen LogP contribution in [0.5, 0.6) is 5.75 Å². The van der Waals surface area contributed by atoms with E-state index < -0.39 is 16.7 Å². The van der Waals surface area contributed by atoms with Gasteiger partial charge < -0.3 is 4.74 Å². The second-order valence-electron chi connectivity index (χ2n) is 4.41. The van der Waals surface area contributed by atoms with E-state index in [1.54, 1.807) is 24.3 Å². The van der Waals surface area contributed by atoms with E-state index in [-0.39, 0.29) is 17.9 Å². The summed E-state index contributed by atoms with van der Waals surface area (Å²) in [6.07, 6.45) is 0. The van der Waals surface area contributed by atoms with E-state index in [9.17, 15) is 19.7 Å². The Morgan fingerprint density at radius 3 is 2.48 bits per heavy atom. The molecular formula is C15H13N3O5. The summed E-state index contributed by atoms with van der Waals surface area (Å²) in [5.74, 6) is -0.706. The van der Waals surface area contributed by atoms with Gasteiger partial charge in [0.2, 0.25) is 0 Å². The SMILES string of the molecule is O=C(COc1ccccc1)NNC(=O)c1cccc([N+](=O)[O-])c1. The second kappa shape index (κ2) is 7.55. The van der Waals surface area contributed by atoms with E-state index in [2.05, 4.69) is 10.9 Å². The largest absolute Gasteiger partial charge is 0.484 e. The van der Waals surface area contributed by atoms with Gasteiger partial charge in [-0.05, 0) is 18.2 Å². The van der Waals surface area contributed by atoms with Crippen LogP contribution in [0, 0.1) is 10.1 Å². The fourth-order valence-electron chi connectivity index (χ4n) is 1.66. The summed E-state index contributed by atoms with van der Waals surface area (Å²) in [6.45, 7) is -0.279. The van der Waals surface area contributed by atoms with Crippen LogP contribution < -0.4 is 15.6 Å². The summed E-state index contributed by atoms with van der Waals surface area (Å²) in [6, 6.07) is 13.9. The highest BCUT2D eigenvalue weighted by molar-refractivity contribution is 5.96. The molecule has 0 spiro atoms. The molecule has 0 bridgehead atoms. The highest BCUT2D eigenvalue weighted by Gasteiger charge is 2.12. The molecule has 2 amide bonds. The number of rotatable bonds is 5. The van der Waals surface area contributed by atoms with Crippen molar-refractivity contribution in [2.24, 2.45) is 0 Å². The van der Waals surface area contributed by atoms with Crippen molar-refractivity contribution in [1.82, 2.24) is 10.9 Å². The number of benzene rings is 2. The Morgan fingerprint density at radius 2 is 1.78 bits per heavy atom. The number of carbonyl (C=O) groups excluding carboxylic acids is 2. The third-order valence-electron chi connectivity index (χ3n) is 2.75. The number of nitro groups is 1. The molecule has 23 heavy (non-hydrogen) atoms. The van der Waals surface area contributed by atoms with Gasteiger partial charge in [0.15, 0.2) is 6.61 Å². The van der Waals surface area contributed by atoms with Gasteiger partial charge in [0, 0.05) is 17.7 Å². The summed E-state index contributed by atoms with van der Waals surface area (Å²) in [7, 11) is 0. The summed E-state index contributed by atoms with van der Waals surface area (Å²) in [5, 5.41) is 10.6. The van der Waals surface area contributed by atoms with Gasteiger partial charge in [-0.1, -0.05) is 24.3 Å². The first-order valence-electron chi connectivity index (χ1n) is 6.58. The van der Waals surface area contributed by atoms with Crippen LogP contribution in [-0.4, -0.2) is 23.3 Å². The molecule has 0 unspecified atom stereocenters. The molecule has 2 aromatic carbocycles. The summed E-state index contributed by atoms with van der Waals surface area (Å²) in [4.78, 5) is 33.4. The summed E-state index contributed by atoms with van der Waals surface area (Å²) in [5.41, 5.74) is 4.17. The molecule has 0 atom stereocenters. The Kier molecular flexibility index (Phi) is 5.24. The first-order chi connectivity index (χ1) is 11.1. The van der Waals surface area contributed by atoms with Gasteiger partial charge in [-0.15, -0.1) is 0 Å². The molecule has 8 heteroatoms. The van der Waals surface area contributed by atoms with E-state index in [1.807, 2.05) is 6.07 Å². The molecule has 0 heterocycles. The van der Waals surface area contributed by atoms with E-state index in [0.29, 0.717) is 5.75 Å². The number of carbonyl (C=O) groups is 2. The predicted molar refractivity (Wildman–Crippen MR) is 80.6 cm³/mol. The second-order valence-corrected chi connectivity index (χ2v) is 4.41. The van der Waals surface area contributed by atoms with Gasteiger partial charge in [0.1, 0.15) is 5.75 Å². The van der Waals surface area contributed by atoms with Gasteiger partial charge in [0.05, 0.1) is 4.92 Å². The van der Waals surface area contributed by atoms with Gasteiger partial charge in [-0.3, -0.25) is 30.6 Å². The Labute approximate surface area is 131 Å². The fraction of sp³-hybridized carbons (Fsp3) is 0.0667. The van der Waals surface area contributed by atoms with Crippen LogP contribution in [0.1, 0.15) is 10.4 Å². The smallest absolute Gasteiger partial charge is 0.276 e. The van der Waals surface area contributed by atoms with Crippen LogP contribution in [0.2, 0.25) is 0 Å². The first kappa shape index (κ1) is 16.0. The molecule has 2 rings (SSSR count). The van der Waals surface area contributed by atoms with E-state index in [1.165, 1.54) is 18.2 Å². The van der Waals surface area contributed by atoms with Crippen LogP contribution in [-0.2, 0) is 4.79 Å². The van der Waals surface area contributed by atoms with Crippen molar-refractivity contribution in [2.75, 3.05) is 6.61 Å². The number of ether oxygens (including phenoxy) is 1. The number of para-hydroxylation sites is 1. The molecule has 8 nitrogen and oxygen atoms in total. The highest BCUT2D eigenvalue weighted by atomic mass is 16.6. The van der Waals surface area contributed by atoms with E-state index in [0.717, 1.165) is 6.07 Å². The van der Waals surface area contributed by atoms with Gasteiger partial charge >= 0.3 is 0 Å². The number of hydrogen-bond acceptors (Lipinski definition) is 5. The molecule has 0 aliphatic carbocycles. The minimum atomic E-state index is -0.665. The number of amides is 2. The zero-order valence-corrected chi connectivity index (χ0v) is 11.9. The lowest BCUT2D eigenvalue weighted by molar-refractivity contribution is -0.384. The Morgan fingerprint density at radius 1 is 1.04 bits per heavy atom. The Hall–Kier alpha value is -3.42. The molecule has 118 valence electrons. The van der Waals surface area contributed by atoms with Crippen molar-refractivity contribution in [1.29, 1.82) is 0 Å². The Balaban J connectivity index is 1.83. The summed E-state index contributed by atoms with van der Waals surface area (Å²) < 4.78 is 5.20. The minimum absolute atomic E-state index is 0.0588. The average molecular weight is 315 g/mol. The molecular weight excluding hydrogens is 302 g/mol. The molecule has 0 aliphatic rings. The van der Waals surface area contributed by atoms with Crippen LogP contribution in [0.3, 0.4) is 0 Å². The van der Waals surface area contributed by atoms with Crippen molar-refractivity contribution in [3.8, 4) is 5.75 Å². The van der Waals surface area contributed by atoms with Crippen molar-refractivity contribution < 1.29 is 19.2 Å². The average Bonchev–Trinajstić information content (AvgIpc) is 2.58.